The van der Waals surface area contributed by atoms with Crippen LogP contribution in [-0.2, 0) is 6.54 Å². The van der Waals surface area contributed by atoms with Crippen molar-refractivity contribution in [3.8, 4) is 0 Å². The normalized spacial score (nSPS) is 9.08. The van der Waals surface area contributed by atoms with Gasteiger partial charge in [0.15, 0.2) is 0 Å². The maximum absolute atomic E-state index is 10.9. The Morgan fingerprint density at radius 3 is 2.67 bits per heavy atom. The third-order valence-corrected chi connectivity index (χ3v) is 1.24. The Balaban J connectivity index is 0.00000121. The molecule has 1 heterocycles. The number of hydrogen-bond acceptors (Lipinski definition) is 3. The highest BCUT2D eigenvalue weighted by Crippen LogP contribution is 1.67. The van der Waals surface area contributed by atoms with Gasteiger partial charge in [0.25, 0.3) is 11.1 Å². The Kier molecular flexibility index (Phi) is 4.31. The van der Waals surface area contributed by atoms with Crippen LogP contribution in [-0.4, -0.2) is 16.3 Å². The van der Waals surface area contributed by atoms with E-state index in [0.29, 0.717) is 13.1 Å². The zero-order valence-electron chi connectivity index (χ0n) is 6.32. The van der Waals surface area contributed by atoms with Crippen molar-refractivity contribution in [1.29, 1.82) is 0 Å². The fraction of sp³-hybridized carbons (Fsp3) is 0.333. The van der Waals surface area contributed by atoms with Crippen LogP contribution in [0.5, 0.6) is 0 Å². The second kappa shape index (κ2) is 4.74. The van der Waals surface area contributed by atoms with E-state index in [1.807, 2.05) is 0 Å². The van der Waals surface area contributed by atoms with Gasteiger partial charge < -0.3 is 5.73 Å². The highest BCUT2D eigenvalue weighted by atomic mass is 35.5. The van der Waals surface area contributed by atoms with Crippen molar-refractivity contribution >= 4 is 12.4 Å². The lowest BCUT2D eigenvalue weighted by atomic mass is 10.5. The number of nitrogens with two attached hydrogens (primary N) is 1. The van der Waals surface area contributed by atoms with Gasteiger partial charge in [-0.15, -0.1) is 12.4 Å². The smallest absolute Gasteiger partial charge is 0.265 e. The summed E-state index contributed by atoms with van der Waals surface area (Å²) >= 11 is 0. The fourth-order valence-corrected chi connectivity index (χ4v) is 0.758. The highest BCUT2D eigenvalue weighted by molar-refractivity contribution is 5.85. The van der Waals surface area contributed by atoms with E-state index in [9.17, 15) is 9.59 Å². The lowest BCUT2D eigenvalue weighted by Gasteiger charge is -1.99. The highest BCUT2D eigenvalue weighted by Gasteiger charge is 1.92. The molecular formula is C6H10ClN3O2. The molecule has 0 aliphatic rings. The van der Waals surface area contributed by atoms with Gasteiger partial charge in [0.1, 0.15) is 0 Å². The van der Waals surface area contributed by atoms with Crippen LogP contribution in [0, 0.1) is 0 Å². The molecular weight excluding hydrogens is 182 g/mol. The Bertz CT molecular complexity index is 343. The first kappa shape index (κ1) is 10.9. The van der Waals surface area contributed by atoms with Gasteiger partial charge in [0.2, 0.25) is 0 Å². The molecule has 0 aliphatic heterocycles. The van der Waals surface area contributed by atoms with Crippen molar-refractivity contribution in [3.05, 3.63) is 32.8 Å². The summed E-state index contributed by atoms with van der Waals surface area (Å²) in [6, 6.07) is 2.41. The number of rotatable bonds is 2. The lowest BCUT2D eigenvalue weighted by molar-refractivity contribution is 0.578. The largest absolute Gasteiger partial charge is 0.329 e. The molecule has 0 saturated heterocycles. The van der Waals surface area contributed by atoms with Crippen LogP contribution in [0.1, 0.15) is 0 Å². The van der Waals surface area contributed by atoms with Crippen LogP contribution in [0.4, 0.5) is 0 Å². The molecule has 0 bridgehead atoms. The molecule has 6 heteroatoms. The standard InChI is InChI=1S/C6H9N3O2.ClH/c7-3-4-9-6(11)2-1-5(10)8-9;/h1-2H,3-4,7H2,(H,8,10);1H. The minimum absolute atomic E-state index is 0. The molecule has 0 aromatic carbocycles. The summed E-state index contributed by atoms with van der Waals surface area (Å²) in [4.78, 5) is 21.6. The molecule has 0 saturated carbocycles. The molecule has 0 aliphatic carbocycles. The minimum Gasteiger partial charge on any atom is -0.329 e. The van der Waals surface area contributed by atoms with Crippen LogP contribution < -0.4 is 16.9 Å². The number of H-pyrrole nitrogens is 1. The summed E-state index contributed by atoms with van der Waals surface area (Å²) in [5, 5.41) is 2.35. The zero-order chi connectivity index (χ0) is 8.27. The first-order valence-electron chi connectivity index (χ1n) is 3.24. The molecule has 0 radical (unpaired) electrons. The van der Waals surface area contributed by atoms with Crippen LogP contribution in [0.3, 0.4) is 0 Å². The number of aromatic nitrogens is 2. The van der Waals surface area contributed by atoms with Gasteiger partial charge in [-0.1, -0.05) is 0 Å². The number of hydrogen-bond donors (Lipinski definition) is 2. The first-order valence-corrected chi connectivity index (χ1v) is 3.24. The first-order chi connectivity index (χ1) is 5.24. The molecule has 1 aromatic heterocycles. The van der Waals surface area contributed by atoms with Gasteiger partial charge in [-0.05, 0) is 0 Å². The summed E-state index contributed by atoms with van der Waals surface area (Å²) in [5.74, 6) is 0. The minimum atomic E-state index is -0.293. The molecule has 1 aromatic rings. The summed E-state index contributed by atoms with van der Waals surface area (Å²) in [6.45, 7) is 0.675. The Morgan fingerprint density at radius 2 is 2.08 bits per heavy atom. The molecule has 1 rings (SSSR count). The van der Waals surface area contributed by atoms with E-state index >= 15 is 0 Å². The summed E-state index contributed by atoms with van der Waals surface area (Å²) < 4.78 is 1.18. The molecule has 0 amide bonds. The van der Waals surface area contributed by atoms with Crippen LogP contribution in [0.25, 0.3) is 0 Å². The third-order valence-electron chi connectivity index (χ3n) is 1.24. The van der Waals surface area contributed by atoms with Gasteiger partial charge >= 0.3 is 0 Å². The summed E-state index contributed by atoms with van der Waals surface area (Å²) in [7, 11) is 0. The Morgan fingerprint density at radius 1 is 1.42 bits per heavy atom. The van der Waals surface area contributed by atoms with Crippen molar-refractivity contribution in [2.75, 3.05) is 6.54 Å². The number of aromatic amines is 1. The van der Waals surface area contributed by atoms with E-state index < -0.39 is 0 Å². The molecule has 68 valence electrons. The maximum atomic E-state index is 10.9. The lowest BCUT2D eigenvalue weighted by Crippen LogP contribution is -2.30. The van der Waals surface area contributed by atoms with Crippen molar-refractivity contribution in [1.82, 2.24) is 9.78 Å². The average Bonchev–Trinajstić information content (AvgIpc) is 1.98. The SMILES string of the molecule is Cl.NCCn1[nH]c(=O)ccc1=O. The van der Waals surface area contributed by atoms with E-state index in [1.54, 1.807) is 0 Å². The Hall–Kier alpha value is -1.07. The third kappa shape index (κ3) is 2.52. The second-order valence-electron chi connectivity index (χ2n) is 2.09. The zero-order valence-corrected chi connectivity index (χ0v) is 7.13. The van der Waals surface area contributed by atoms with E-state index in [1.165, 1.54) is 16.8 Å². The molecule has 0 spiro atoms. The average molecular weight is 192 g/mol. The number of nitrogens with one attached hydrogen (secondary N) is 1. The van der Waals surface area contributed by atoms with Crippen LogP contribution >= 0.6 is 12.4 Å². The molecule has 12 heavy (non-hydrogen) atoms. The Labute approximate surface area is 74.6 Å². The van der Waals surface area contributed by atoms with Crippen molar-refractivity contribution in [2.24, 2.45) is 5.73 Å². The predicted molar refractivity (Wildman–Crippen MR) is 47.6 cm³/mol. The molecule has 5 nitrogen and oxygen atoms in total. The van der Waals surface area contributed by atoms with Gasteiger partial charge in [-0.2, -0.15) is 0 Å². The second-order valence-corrected chi connectivity index (χ2v) is 2.09. The monoisotopic (exact) mass is 191 g/mol. The van der Waals surface area contributed by atoms with E-state index in [2.05, 4.69) is 5.10 Å². The molecule has 0 atom stereocenters. The number of halogens is 1. The van der Waals surface area contributed by atoms with E-state index in [-0.39, 0.29) is 23.5 Å². The molecule has 3 N–H and O–H groups in total. The summed E-state index contributed by atoms with van der Waals surface area (Å²) in [6.07, 6.45) is 0. The predicted octanol–water partition coefficient (Wildman–Crippen LogP) is -1.08. The van der Waals surface area contributed by atoms with Crippen molar-refractivity contribution in [2.45, 2.75) is 6.54 Å². The van der Waals surface area contributed by atoms with Crippen LogP contribution in [0.15, 0.2) is 21.7 Å². The van der Waals surface area contributed by atoms with Gasteiger partial charge in [-0.25, -0.2) is 4.68 Å². The van der Waals surface area contributed by atoms with Gasteiger partial charge in [0.05, 0.1) is 6.54 Å². The maximum Gasteiger partial charge on any atom is 0.265 e. The van der Waals surface area contributed by atoms with Crippen LogP contribution in [0.2, 0.25) is 0 Å². The van der Waals surface area contributed by atoms with Crippen molar-refractivity contribution in [3.63, 3.8) is 0 Å². The fourth-order valence-electron chi connectivity index (χ4n) is 0.758. The van der Waals surface area contributed by atoms with E-state index in [4.69, 9.17) is 5.73 Å². The number of nitrogens with zero attached hydrogens (tertiary/aromatic N) is 1. The quantitative estimate of drug-likeness (QED) is 0.624. The van der Waals surface area contributed by atoms with Crippen molar-refractivity contribution < 1.29 is 0 Å². The topological polar surface area (TPSA) is 80.9 Å². The van der Waals surface area contributed by atoms with Gasteiger partial charge in [0, 0.05) is 18.7 Å². The molecule has 0 fully saturated rings. The van der Waals surface area contributed by atoms with Gasteiger partial charge in [-0.3, -0.25) is 14.7 Å². The summed E-state index contributed by atoms with van der Waals surface area (Å²) in [5.41, 5.74) is 4.66. The van der Waals surface area contributed by atoms with E-state index in [0.717, 1.165) is 0 Å². The molecule has 0 unspecified atom stereocenters.